The summed E-state index contributed by atoms with van der Waals surface area (Å²) in [5.74, 6) is 0. The number of allylic oxidation sites excluding steroid dienone is 1. The molecule has 2 nitrogen and oxygen atoms in total. The van der Waals surface area contributed by atoms with Crippen LogP contribution in [0.2, 0.25) is 0 Å². The molecule has 1 aliphatic heterocycles. The first kappa shape index (κ1) is 8.11. The third kappa shape index (κ3) is 1.73. The van der Waals surface area contributed by atoms with Gasteiger partial charge >= 0.3 is 67.9 Å². The molecule has 0 fully saturated rings. The van der Waals surface area contributed by atoms with E-state index in [0.717, 1.165) is 11.4 Å². The monoisotopic (exact) mass is 148 g/mol. The van der Waals surface area contributed by atoms with E-state index in [0.29, 0.717) is 6.04 Å². The van der Waals surface area contributed by atoms with Crippen molar-refractivity contribution in [3.05, 3.63) is 24.6 Å². The molecule has 0 saturated carbocycles. The van der Waals surface area contributed by atoms with Crippen molar-refractivity contribution in [2.75, 3.05) is 0 Å². The molecule has 1 aliphatic rings. The molecule has 1 N–H and O–H groups in total. The van der Waals surface area contributed by atoms with Crippen LogP contribution < -0.4 is 5.32 Å². The minimum absolute atomic E-state index is 0.444. The summed E-state index contributed by atoms with van der Waals surface area (Å²) in [4.78, 5) is 2.06. The Morgan fingerprint density at radius 1 is 1.64 bits per heavy atom. The molecule has 0 aromatic rings. The van der Waals surface area contributed by atoms with Crippen LogP contribution in [0.5, 0.6) is 0 Å². The molecule has 0 aliphatic carbocycles. The van der Waals surface area contributed by atoms with Crippen LogP contribution in [0.1, 0.15) is 13.8 Å². The molecule has 0 amide bonds. The Bertz CT molecular complexity index is 218. The molecule has 1 rings (SSSR count). The summed E-state index contributed by atoms with van der Waals surface area (Å²) < 4.78 is 0. The summed E-state index contributed by atoms with van der Waals surface area (Å²) in [6, 6.07) is 0.444. The van der Waals surface area contributed by atoms with E-state index in [-0.39, 0.29) is 0 Å². The number of nitrogens with one attached hydrogen (secondary N) is 1. The zero-order valence-electron chi connectivity index (χ0n) is 7.09. The molecule has 0 spiro atoms. The molecule has 58 valence electrons. The van der Waals surface area contributed by atoms with Gasteiger partial charge in [-0.05, 0) is 0 Å². The molecule has 0 bridgehead atoms. The third-order valence-corrected chi connectivity index (χ3v) is 1.61. The van der Waals surface area contributed by atoms with Crippen LogP contribution in [0.4, 0.5) is 0 Å². The number of rotatable bonds is 1. The van der Waals surface area contributed by atoms with Gasteiger partial charge < -0.3 is 0 Å². The van der Waals surface area contributed by atoms with Gasteiger partial charge in [-0.25, -0.2) is 0 Å². The predicted molar refractivity (Wildman–Crippen MR) is 50.5 cm³/mol. The van der Waals surface area contributed by atoms with E-state index in [4.69, 9.17) is 0 Å². The Labute approximate surface area is 68.7 Å². The third-order valence-electron chi connectivity index (χ3n) is 1.61. The summed E-state index contributed by atoms with van der Waals surface area (Å²) in [5, 5.41) is 3.06. The molecular weight excluding hydrogens is 135 g/mol. The molecule has 0 unspecified atom stereocenters. The predicted octanol–water partition coefficient (Wildman–Crippen LogP) is 0.316. The molecule has 1 heterocycles. The SMILES string of the molecule is B=C1NC(=C)C=CN1C(C)C. The van der Waals surface area contributed by atoms with E-state index >= 15 is 0 Å². The molecule has 11 heavy (non-hydrogen) atoms. The second-order valence-electron chi connectivity index (χ2n) is 2.91. The van der Waals surface area contributed by atoms with Crippen LogP contribution in [0.3, 0.4) is 0 Å². The quantitative estimate of drug-likeness (QED) is 0.538. The van der Waals surface area contributed by atoms with Gasteiger partial charge in [0.1, 0.15) is 0 Å². The topological polar surface area (TPSA) is 15.3 Å². The van der Waals surface area contributed by atoms with Crippen LogP contribution in [-0.2, 0) is 0 Å². The van der Waals surface area contributed by atoms with Crippen LogP contribution in [0.25, 0.3) is 0 Å². The van der Waals surface area contributed by atoms with Gasteiger partial charge in [-0.2, -0.15) is 0 Å². The second kappa shape index (κ2) is 2.95. The number of hydrogen-bond acceptors (Lipinski definition) is 2. The van der Waals surface area contributed by atoms with Gasteiger partial charge in [-0.3, -0.25) is 0 Å². The fraction of sp³-hybridized carbons (Fsp3) is 0.375. The van der Waals surface area contributed by atoms with Crippen LogP contribution >= 0.6 is 0 Å². The van der Waals surface area contributed by atoms with E-state index < -0.39 is 0 Å². The first-order valence-electron chi connectivity index (χ1n) is 3.72. The van der Waals surface area contributed by atoms with Gasteiger partial charge in [0.15, 0.2) is 0 Å². The van der Waals surface area contributed by atoms with Crippen LogP contribution in [0.15, 0.2) is 24.6 Å². The average molecular weight is 148 g/mol. The van der Waals surface area contributed by atoms with E-state index in [1.54, 1.807) is 0 Å². The van der Waals surface area contributed by atoms with E-state index in [1.807, 2.05) is 12.3 Å². The molecule has 0 radical (unpaired) electrons. The molecule has 0 atom stereocenters. The fourth-order valence-corrected chi connectivity index (χ4v) is 1.04. The van der Waals surface area contributed by atoms with Gasteiger partial charge in [-0.1, -0.05) is 0 Å². The Hall–Kier alpha value is -0.985. The first-order valence-corrected chi connectivity index (χ1v) is 3.72. The van der Waals surface area contributed by atoms with Crippen LogP contribution in [-0.4, -0.2) is 24.1 Å². The molecule has 3 heteroatoms. The van der Waals surface area contributed by atoms with E-state index in [1.165, 1.54) is 0 Å². The standard InChI is InChI=1S/C8H13BN2/c1-6(2)11-5-4-7(3)10-8(11)9/h4-6,9-10H,3H2,1-2H3. The Morgan fingerprint density at radius 3 is 2.73 bits per heavy atom. The molecule has 0 aromatic carbocycles. The van der Waals surface area contributed by atoms with Crippen molar-refractivity contribution in [3.63, 3.8) is 0 Å². The van der Waals surface area contributed by atoms with Gasteiger partial charge in [0.05, 0.1) is 0 Å². The van der Waals surface area contributed by atoms with Crippen molar-refractivity contribution in [1.29, 1.82) is 0 Å². The van der Waals surface area contributed by atoms with Crippen LogP contribution in [0, 0.1) is 0 Å². The number of hydrogen-bond donors (Lipinski definition) is 1. The Morgan fingerprint density at radius 2 is 2.27 bits per heavy atom. The average Bonchev–Trinajstić information content (AvgIpc) is 1.85. The van der Waals surface area contributed by atoms with Gasteiger partial charge in [-0.15, -0.1) is 0 Å². The van der Waals surface area contributed by atoms with Crippen molar-refractivity contribution < 1.29 is 0 Å². The van der Waals surface area contributed by atoms with Crippen molar-refractivity contribution in [1.82, 2.24) is 10.2 Å². The molecule has 0 saturated heterocycles. The molecular formula is C8H13BN2. The zero-order chi connectivity index (χ0) is 8.43. The van der Waals surface area contributed by atoms with E-state index in [9.17, 15) is 0 Å². The maximum absolute atomic E-state index is 3.87. The fourth-order valence-electron chi connectivity index (χ4n) is 1.04. The molecule has 0 aromatic heterocycles. The minimum atomic E-state index is 0.444. The zero-order valence-corrected chi connectivity index (χ0v) is 7.09. The van der Waals surface area contributed by atoms with Gasteiger partial charge in [0, 0.05) is 0 Å². The van der Waals surface area contributed by atoms with E-state index in [2.05, 4.69) is 38.1 Å². The maximum atomic E-state index is 3.87. The van der Waals surface area contributed by atoms with Crippen molar-refractivity contribution >= 4 is 13.2 Å². The van der Waals surface area contributed by atoms with Gasteiger partial charge in [0.2, 0.25) is 0 Å². The summed E-state index contributed by atoms with van der Waals surface area (Å²) >= 11 is 0. The Balaban J connectivity index is 2.76. The summed E-state index contributed by atoms with van der Waals surface area (Å²) in [5.41, 5.74) is 1.79. The second-order valence-corrected chi connectivity index (χ2v) is 2.91. The van der Waals surface area contributed by atoms with Crippen molar-refractivity contribution in [2.45, 2.75) is 19.9 Å². The summed E-state index contributed by atoms with van der Waals surface area (Å²) in [6.45, 7) is 8.01. The Kier molecular flexibility index (Phi) is 2.18. The first-order chi connectivity index (χ1) is 5.11. The summed E-state index contributed by atoms with van der Waals surface area (Å²) in [7, 11) is 3.87. The van der Waals surface area contributed by atoms with Crippen molar-refractivity contribution in [2.24, 2.45) is 0 Å². The number of nitrogens with zero attached hydrogens (tertiary/aromatic N) is 1. The van der Waals surface area contributed by atoms with Gasteiger partial charge in [0.25, 0.3) is 0 Å². The normalized spacial score (nSPS) is 17.5. The van der Waals surface area contributed by atoms with Crippen molar-refractivity contribution in [3.8, 4) is 0 Å². The summed E-state index contributed by atoms with van der Waals surface area (Å²) in [6.07, 6.45) is 3.93.